The van der Waals surface area contributed by atoms with Crippen molar-refractivity contribution in [1.82, 2.24) is 0 Å². The molecule has 0 spiro atoms. The molecule has 0 atom stereocenters. The number of allylic oxidation sites excluding steroid dienone is 2. The van der Waals surface area contributed by atoms with E-state index in [4.69, 9.17) is 4.74 Å². The first kappa shape index (κ1) is 19.7. The lowest BCUT2D eigenvalue weighted by molar-refractivity contribution is 0.306. The van der Waals surface area contributed by atoms with Crippen LogP contribution in [0.3, 0.4) is 0 Å². The fraction of sp³-hybridized carbons (Fsp3) is 0.185. The summed E-state index contributed by atoms with van der Waals surface area (Å²) in [7, 11) is 0. The zero-order valence-corrected chi connectivity index (χ0v) is 16.4. The molecule has 0 bridgehead atoms. The van der Waals surface area contributed by atoms with E-state index in [2.05, 4.69) is 73.8 Å². The zero-order valence-electron chi connectivity index (χ0n) is 16.4. The molecule has 28 heavy (non-hydrogen) atoms. The summed E-state index contributed by atoms with van der Waals surface area (Å²) in [6.45, 7) is 8.14. The molecule has 0 aromatic heterocycles. The van der Waals surface area contributed by atoms with Gasteiger partial charge >= 0.3 is 0 Å². The van der Waals surface area contributed by atoms with Gasteiger partial charge in [0.05, 0.1) is 0 Å². The fourth-order valence-corrected chi connectivity index (χ4v) is 3.11. The lowest BCUT2D eigenvalue weighted by Crippen LogP contribution is -1.96. The summed E-state index contributed by atoms with van der Waals surface area (Å²) in [6, 6.07) is 25.7. The molecule has 0 aliphatic heterocycles. The maximum absolute atomic E-state index is 5.94. The van der Waals surface area contributed by atoms with Gasteiger partial charge in [-0.3, -0.25) is 0 Å². The molecule has 0 fully saturated rings. The quantitative estimate of drug-likeness (QED) is 0.345. The maximum atomic E-state index is 5.94. The van der Waals surface area contributed by atoms with Gasteiger partial charge in [0.2, 0.25) is 0 Å². The summed E-state index contributed by atoms with van der Waals surface area (Å²) in [5.74, 6) is 0.891. The van der Waals surface area contributed by atoms with Crippen molar-refractivity contribution in [2.75, 3.05) is 0 Å². The smallest absolute Gasteiger partial charge is 0.119 e. The van der Waals surface area contributed by atoms with Crippen molar-refractivity contribution in [3.05, 3.63) is 115 Å². The second-order valence-corrected chi connectivity index (χ2v) is 6.98. The van der Waals surface area contributed by atoms with Crippen molar-refractivity contribution in [1.29, 1.82) is 0 Å². The van der Waals surface area contributed by atoms with E-state index in [1.807, 2.05) is 24.3 Å². The normalized spacial score (nSPS) is 10.4. The van der Waals surface area contributed by atoms with E-state index in [0.29, 0.717) is 6.61 Å². The Morgan fingerprint density at radius 1 is 0.571 bits per heavy atom. The average Bonchev–Trinajstić information content (AvgIpc) is 2.76. The lowest BCUT2D eigenvalue weighted by atomic mass is 10.0. The molecule has 0 saturated heterocycles. The third-order valence-corrected chi connectivity index (χ3v) is 4.84. The minimum atomic E-state index is 0.582. The van der Waals surface area contributed by atoms with Gasteiger partial charge in [-0.2, -0.15) is 0 Å². The largest absolute Gasteiger partial charge is 0.489 e. The van der Waals surface area contributed by atoms with E-state index in [1.165, 1.54) is 27.8 Å². The highest BCUT2D eigenvalue weighted by molar-refractivity contribution is 5.64. The molecule has 0 N–H and O–H groups in total. The Bertz CT molecular complexity index is 871. The van der Waals surface area contributed by atoms with Gasteiger partial charge in [0.25, 0.3) is 0 Å². The van der Waals surface area contributed by atoms with Gasteiger partial charge in [0, 0.05) is 0 Å². The first-order valence-electron chi connectivity index (χ1n) is 9.90. The van der Waals surface area contributed by atoms with E-state index in [-0.39, 0.29) is 0 Å². The first-order valence-corrected chi connectivity index (χ1v) is 9.90. The van der Waals surface area contributed by atoms with Gasteiger partial charge in [-0.1, -0.05) is 72.8 Å². The van der Waals surface area contributed by atoms with Crippen LogP contribution in [0.4, 0.5) is 0 Å². The highest BCUT2D eigenvalue weighted by Crippen LogP contribution is 2.23. The van der Waals surface area contributed by atoms with Crippen LogP contribution in [0.1, 0.15) is 29.5 Å². The van der Waals surface area contributed by atoms with E-state index < -0.39 is 0 Å². The highest BCUT2D eigenvalue weighted by Gasteiger charge is 2.01. The minimum absolute atomic E-state index is 0.582. The van der Waals surface area contributed by atoms with Crippen LogP contribution in [-0.4, -0.2) is 0 Å². The minimum Gasteiger partial charge on any atom is -0.489 e. The SMILES string of the molecule is C=CCCc1ccc(COc2ccc(-c3ccc(CCC=C)cc3)cc2)cc1. The van der Waals surface area contributed by atoms with Crippen LogP contribution >= 0.6 is 0 Å². The Kier molecular flexibility index (Phi) is 7.26. The molecule has 142 valence electrons. The Hall–Kier alpha value is -3.06. The van der Waals surface area contributed by atoms with E-state index in [9.17, 15) is 0 Å². The molecule has 0 aliphatic carbocycles. The Labute approximate surface area is 169 Å². The molecular formula is C27H28O. The van der Waals surface area contributed by atoms with E-state index in [0.717, 1.165) is 31.4 Å². The molecule has 0 amide bonds. The fourth-order valence-electron chi connectivity index (χ4n) is 3.11. The summed E-state index contributed by atoms with van der Waals surface area (Å²) in [5, 5.41) is 0. The van der Waals surface area contributed by atoms with Crippen LogP contribution < -0.4 is 4.74 Å². The number of benzene rings is 3. The standard InChI is InChI=1S/C27H28O/c1-3-5-7-22-9-11-24(12-10-22)21-28-27-19-17-26(18-20-27)25-15-13-23(14-16-25)8-6-4-2/h3-4,9-20H,1-2,5-8,21H2. The number of aryl methyl sites for hydroxylation is 2. The van der Waals surface area contributed by atoms with Gasteiger partial charge in [0.15, 0.2) is 0 Å². The van der Waals surface area contributed by atoms with Crippen molar-refractivity contribution < 1.29 is 4.74 Å². The summed E-state index contributed by atoms with van der Waals surface area (Å²) in [5.41, 5.74) is 6.29. The molecule has 0 aliphatic rings. The molecular weight excluding hydrogens is 340 g/mol. The number of hydrogen-bond acceptors (Lipinski definition) is 1. The van der Waals surface area contributed by atoms with Crippen LogP contribution in [-0.2, 0) is 19.4 Å². The molecule has 3 rings (SSSR count). The van der Waals surface area contributed by atoms with Crippen LogP contribution in [0.2, 0.25) is 0 Å². The van der Waals surface area contributed by atoms with Crippen LogP contribution in [0, 0.1) is 0 Å². The van der Waals surface area contributed by atoms with Crippen molar-refractivity contribution in [3.63, 3.8) is 0 Å². The Morgan fingerprint density at radius 2 is 1.00 bits per heavy atom. The van der Waals surface area contributed by atoms with Gasteiger partial charge < -0.3 is 4.74 Å². The predicted molar refractivity (Wildman–Crippen MR) is 120 cm³/mol. The van der Waals surface area contributed by atoms with Gasteiger partial charge in [-0.25, -0.2) is 0 Å². The number of rotatable bonds is 10. The third-order valence-electron chi connectivity index (χ3n) is 4.84. The van der Waals surface area contributed by atoms with Crippen LogP contribution in [0.15, 0.2) is 98.1 Å². The second-order valence-electron chi connectivity index (χ2n) is 6.98. The molecule has 3 aromatic rings. The van der Waals surface area contributed by atoms with Crippen LogP contribution in [0.5, 0.6) is 5.75 Å². The van der Waals surface area contributed by atoms with Crippen LogP contribution in [0.25, 0.3) is 11.1 Å². The Morgan fingerprint density at radius 3 is 1.50 bits per heavy atom. The lowest BCUT2D eigenvalue weighted by Gasteiger charge is -2.09. The molecule has 0 unspecified atom stereocenters. The van der Waals surface area contributed by atoms with Crippen molar-refractivity contribution in [2.24, 2.45) is 0 Å². The summed E-state index contributed by atoms with van der Waals surface area (Å²) in [6.07, 6.45) is 8.04. The average molecular weight is 369 g/mol. The summed E-state index contributed by atoms with van der Waals surface area (Å²) >= 11 is 0. The second kappa shape index (κ2) is 10.3. The van der Waals surface area contributed by atoms with Gasteiger partial charge in [-0.15, -0.1) is 13.2 Å². The Balaban J connectivity index is 1.55. The van der Waals surface area contributed by atoms with Gasteiger partial charge in [0.1, 0.15) is 12.4 Å². The molecule has 1 heteroatoms. The molecule has 0 heterocycles. The molecule has 1 nitrogen and oxygen atoms in total. The van der Waals surface area contributed by atoms with E-state index >= 15 is 0 Å². The number of ether oxygens (including phenoxy) is 1. The number of hydrogen-bond donors (Lipinski definition) is 0. The van der Waals surface area contributed by atoms with Crippen molar-refractivity contribution >= 4 is 0 Å². The van der Waals surface area contributed by atoms with Gasteiger partial charge in [-0.05, 0) is 65.6 Å². The maximum Gasteiger partial charge on any atom is 0.119 e. The monoisotopic (exact) mass is 368 g/mol. The highest BCUT2D eigenvalue weighted by atomic mass is 16.5. The van der Waals surface area contributed by atoms with E-state index in [1.54, 1.807) is 0 Å². The summed E-state index contributed by atoms with van der Waals surface area (Å²) in [4.78, 5) is 0. The first-order chi connectivity index (χ1) is 13.8. The molecule has 0 radical (unpaired) electrons. The summed E-state index contributed by atoms with van der Waals surface area (Å²) < 4.78 is 5.94. The molecule has 3 aromatic carbocycles. The molecule has 0 saturated carbocycles. The zero-order chi connectivity index (χ0) is 19.6. The topological polar surface area (TPSA) is 9.23 Å². The van der Waals surface area contributed by atoms with Crippen molar-refractivity contribution in [2.45, 2.75) is 32.3 Å². The third kappa shape index (κ3) is 5.72. The van der Waals surface area contributed by atoms with Crippen molar-refractivity contribution in [3.8, 4) is 16.9 Å². The predicted octanol–water partition coefficient (Wildman–Crippen LogP) is 7.17.